The van der Waals surface area contributed by atoms with E-state index in [-0.39, 0.29) is 24.3 Å². The quantitative estimate of drug-likeness (QED) is 0.747. The molecule has 4 nitrogen and oxygen atoms in total. The van der Waals surface area contributed by atoms with E-state index >= 15 is 0 Å². The molecule has 2 aromatic rings. The lowest BCUT2D eigenvalue weighted by Crippen LogP contribution is -2.50. The highest BCUT2D eigenvalue weighted by Gasteiger charge is 2.28. The molecule has 0 bridgehead atoms. The fourth-order valence-electron chi connectivity index (χ4n) is 3.29. The van der Waals surface area contributed by atoms with Crippen LogP contribution in [-0.2, 0) is 22.6 Å². The van der Waals surface area contributed by atoms with Crippen molar-refractivity contribution in [2.24, 2.45) is 0 Å². The maximum absolute atomic E-state index is 13.2. The van der Waals surface area contributed by atoms with Crippen molar-refractivity contribution in [3.8, 4) is 0 Å². The van der Waals surface area contributed by atoms with Gasteiger partial charge in [0.05, 0.1) is 6.42 Å². The fraction of sp³-hybridized carbons (Fsp3) is 0.417. The van der Waals surface area contributed by atoms with E-state index < -0.39 is 6.04 Å². The monoisotopic (exact) mass is 380 g/mol. The van der Waals surface area contributed by atoms with Gasteiger partial charge in [-0.25, -0.2) is 0 Å². The summed E-state index contributed by atoms with van der Waals surface area (Å²) < 4.78 is 0. The molecule has 0 unspecified atom stereocenters. The average Bonchev–Trinajstić information content (AvgIpc) is 2.63. The lowest BCUT2D eigenvalue weighted by Gasteiger charge is -2.31. The molecule has 1 N–H and O–H groups in total. The number of nitrogens with zero attached hydrogens (tertiary/aromatic N) is 1. The van der Waals surface area contributed by atoms with Crippen molar-refractivity contribution < 1.29 is 9.59 Å². The third-order valence-electron chi connectivity index (χ3n) is 4.73. The Morgan fingerprint density at radius 3 is 2.21 bits per heavy atom. The summed E-state index contributed by atoms with van der Waals surface area (Å²) in [4.78, 5) is 27.7. The molecule has 0 heterocycles. The van der Waals surface area contributed by atoms with E-state index in [2.05, 4.69) is 11.4 Å². The largest absolute Gasteiger partial charge is 0.352 e. The molecule has 0 saturated heterocycles. The number of benzene rings is 2. The average molecular weight is 381 g/mol. The van der Waals surface area contributed by atoms with Crippen LogP contribution in [0.4, 0.5) is 0 Å². The Labute approximate surface area is 169 Å². The summed E-state index contributed by atoms with van der Waals surface area (Å²) in [6, 6.07) is 15.6. The molecule has 0 aliphatic carbocycles. The van der Waals surface area contributed by atoms with E-state index in [0.29, 0.717) is 13.0 Å². The summed E-state index contributed by atoms with van der Waals surface area (Å²) in [6.07, 6.45) is 0.863. The van der Waals surface area contributed by atoms with Gasteiger partial charge in [-0.3, -0.25) is 9.59 Å². The first-order chi connectivity index (χ1) is 13.3. The topological polar surface area (TPSA) is 49.4 Å². The van der Waals surface area contributed by atoms with Crippen molar-refractivity contribution in [3.05, 3.63) is 70.8 Å². The minimum atomic E-state index is -0.485. The van der Waals surface area contributed by atoms with Gasteiger partial charge in [-0.05, 0) is 45.2 Å². The van der Waals surface area contributed by atoms with Crippen LogP contribution >= 0.6 is 0 Å². The lowest BCUT2D eigenvalue weighted by molar-refractivity contribution is -0.141. The minimum Gasteiger partial charge on any atom is -0.352 e. The van der Waals surface area contributed by atoms with Crippen LogP contribution in [-0.4, -0.2) is 28.8 Å². The zero-order chi connectivity index (χ0) is 20.7. The second-order valence-corrected chi connectivity index (χ2v) is 7.76. The standard InChI is InChI=1S/C24H32N2O2/c1-6-22(24(28)25-17(2)3)26(16-21-9-7-8-19(5)14-21)23(27)15-20-12-10-18(4)11-13-20/h7-14,17,22H,6,15-16H2,1-5H3,(H,25,28)/t22-/m1/s1. The molecule has 2 aromatic carbocycles. The van der Waals surface area contributed by atoms with Crippen LogP contribution in [0, 0.1) is 13.8 Å². The Bertz CT molecular complexity index is 797. The van der Waals surface area contributed by atoms with E-state index in [1.54, 1.807) is 4.90 Å². The van der Waals surface area contributed by atoms with Crippen molar-refractivity contribution in [1.29, 1.82) is 0 Å². The first kappa shape index (κ1) is 21.7. The number of amides is 2. The molecule has 0 aromatic heterocycles. The molecule has 0 radical (unpaired) electrons. The summed E-state index contributed by atoms with van der Waals surface area (Å²) in [5.41, 5.74) is 4.30. The van der Waals surface area contributed by atoms with E-state index in [1.807, 2.05) is 77.1 Å². The highest BCUT2D eigenvalue weighted by atomic mass is 16.2. The number of nitrogens with one attached hydrogen (secondary N) is 1. The van der Waals surface area contributed by atoms with Gasteiger partial charge in [0, 0.05) is 12.6 Å². The number of hydrogen-bond donors (Lipinski definition) is 1. The van der Waals surface area contributed by atoms with Gasteiger partial charge in [-0.1, -0.05) is 66.6 Å². The molecule has 0 fully saturated rings. The predicted octanol–water partition coefficient (Wildman–Crippen LogP) is 4.18. The van der Waals surface area contributed by atoms with Crippen LogP contribution in [0.25, 0.3) is 0 Å². The summed E-state index contributed by atoms with van der Waals surface area (Å²) in [6.45, 7) is 10.3. The molecular formula is C24H32N2O2. The Balaban J connectivity index is 2.28. The minimum absolute atomic E-state index is 0.0314. The van der Waals surface area contributed by atoms with Crippen LogP contribution in [0.15, 0.2) is 48.5 Å². The van der Waals surface area contributed by atoms with Gasteiger partial charge in [0.2, 0.25) is 11.8 Å². The van der Waals surface area contributed by atoms with Crippen molar-refractivity contribution in [2.45, 2.75) is 66.1 Å². The van der Waals surface area contributed by atoms with Crippen molar-refractivity contribution in [2.75, 3.05) is 0 Å². The Kier molecular flexibility index (Phi) is 7.80. The maximum Gasteiger partial charge on any atom is 0.243 e. The Morgan fingerprint density at radius 1 is 0.964 bits per heavy atom. The van der Waals surface area contributed by atoms with Crippen molar-refractivity contribution >= 4 is 11.8 Å². The number of carbonyl (C=O) groups is 2. The first-order valence-electron chi connectivity index (χ1n) is 10.0. The second kappa shape index (κ2) is 10.1. The molecule has 150 valence electrons. The smallest absolute Gasteiger partial charge is 0.243 e. The summed E-state index contributed by atoms with van der Waals surface area (Å²) in [7, 11) is 0. The molecule has 2 rings (SSSR count). The molecule has 2 amide bonds. The van der Waals surface area contributed by atoms with Gasteiger partial charge >= 0.3 is 0 Å². The van der Waals surface area contributed by atoms with E-state index in [1.165, 1.54) is 0 Å². The maximum atomic E-state index is 13.2. The highest BCUT2D eigenvalue weighted by Crippen LogP contribution is 2.16. The summed E-state index contributed by atoms with van der Waals surface area (Å²) in [5.74, 6) is -0.126. The van der Waals surface area contributed by atoms with Crippen LogP contribution in [0.1, 0.15) is 49.4 Å². The molecule has 4 heteroatoms. The SMILES string of the molecule is CC[C@H](C(=O)NC(C)C)N(Cc1cccc(C)c1)C(=O)Cc1ccc(C)cc1. The molecule has 0 spiro atoms. The summed E-state index contributed by atoms with van der Waals surface area (Å²) >= 11 is 0. The molecule has 1 atom stereocenters. The Morgan fingerprint density at radius 2 is 1.64 bits per heavy atom. The van der Waals surface area contributed by atoms with E-state index in [0.717, 1.165) is 22.3 Å². The highest BCUT2D eigenvalue weighted by molar-refractivity contribution is 5.88. The Hall–Kier alpha value is -2.62. The van der Waals surface area contributed by atoms with Crippen molar-refractivity contribution in [1.82, 2.24) is 10.2 Å². The zero-order valence-electron chi connectivity index (χ0n) is 17.7. The van der Waals surface area contributed by atoms with Crippen LogP contribution in [0.5, 0.6) is 0 Å². The van der Waals surface area contributed by atoms with Gasteiger partial charge in [-0.15, -0.1) is 0 Å². The second-order valence-electron chi connectivity index (χ2n) is 7.76. The van der Waals surface area contributed by atoms with Gasteiger partial charge < -0.3 is 10.2 Å². The summed E-state index contributed by atoms with van der Waals surface area (Å²) in [5, 5.41) is 2.96. The fourth-order valence-corrected chi connectivity index (χ4v) is 3.29. The van der Waals surface area contributed by atoms with Gasteiger partial charge in [0.15, 0.2) is 0 Å². The van der Waals surface area contributed by atoms with Crippen molar-refractivity contribution in [3.63, 3.8) is 0 Å². The van der Waals surface area contributed by atoms with Gasteiger partial charge in [0.1, 0.15) is 6.04 Å². The van der Waals surface area contributed by atoms with E-state index in [4.69, 9.17) is 0 Å². The van der Waals surface area contributed by atoms with E-state index in [9.17, 15) is 9.59 Å². The number of aryl methyl sites for hydroxylation is 2. The molecule has 28 heavy (non-hydrogen) atoms. The van der Waals surface area contributed by atoms with Crippen LogP contribution < -0.4 is 5.32 Å². The van der Waals surface area contributed by atoms with Gasteiger partial charge in [-0.2, -0.15) is 0 Å². The first-order valence-corrected chi connectivity index (χ1v) is 10.0. The molecular weight excluding hydrogens is 348 g/mol. The van der Waals surface area contributed by atoms with Gasteiger partial charge in [0.25, 0.3) is 0 Å². The third-order valence-corrected chi connectivity index (χ3v) is 4.73. The predicted molar refractivity (Wildman–Crippen MR) is 114 cm³/mol. The van der Waals surface area contributed by atoms with Crippen LogP contribution in [0.3, 0.4) is 0 Å². The normalized spacial score (nSPS) is 11.9. The molecule has 0 aliphatic heterocycles. The number of carbonyl (C=O) groups excluding carboxylic acids is 2. The number of hydrogen-bond acceptors (Lipinski definition) is 2. The van der Waals surface area contributed by atoms with Crippen LogP contribution in [0.2, 0.25) is 0 Å². The molecule has 0 aliphatic rings. The third kappa shape index (κ3) is 6.22. The zero-order valence-corrected chi connectivity index (χ0v) is 17.7. The lowest BCUT2D eigenvalue weighted by atomic mass is 10.0. The number of rotatable bonds is 8. The molecule has 0 saturated carbocycles.